The SMILES string of the molecule is CC(C)(C)C1CCc2c(sc(NC(=O)c3cc(-c4ccccc4)nc4ccc(Cl)cc34)c2C(N)=O)C1. The van der Waals surface area contributed by atoms with Crippen LogP contribution in [0.1, 0.15) is 58.3 Å². The Labute approximate surface area is 219 Å². The largest absolute Gasteiger partial charge is 0.365 e. The maximum Gasteiger partial charge on any atom is 0.257 e. The van der Waals surface area contributed by atoms with Crippen LogP contribution in [-0.2, 0) is 12.8 Å². The van der Waals surface area contributed by atoms with Gasteiger partial charge in [-0.25, -0.2) is 4.98 Å². The predicted octanol–water partition coefficient (Wildman–Crippen LogP) is 7.12. The van der Waals surface area contributed by atoms with E-state index < -0.39 is 5.91 Å². The minimum absolute atomic E-state index is 0.168. The van der Waals surface area contributed by atoms with E-state index in [0.29, 0.717) is 43.7 Å². The number of pyridine rings is 1. The van der Waals surface area contributed by atoms with Crippen molar-refractivity contribution in [2.45, 2.75) is 40.0 Å². The average molecular weight is 518 g/mol. The first-order chi connectivity index (χ1) is 17.1. The number of primary amides is 1. The molecular weight excluding hydrogens is 490 g/mol. The third-order valence-corrected chi connectivity index (χ3v) is 8.45. The van der Waals surface area contributed by atoms with Crippen LogP contribution in [-0.4, -0.2) is 16.8 Å². The number of halogens is 1. The smallest absolute Gasteiger partial charge is 0.257 e. The van der Waals surface area contributed by atoms with Crippen LogP contribution in [0.5, 0.6) is 0 Å². The number of nitrogens with one attached hydrogen (secondary N) is 1. The molecule has 0 bridgehead atoms. The second-order valence-electron chi connectivity index (χ2n) is 10.4. The lowest BCUT2D eigenvalue weighted by molar-refractivity contribution is 0.1000. The Morgan fingerprint density at radius 1 is 1.11 bits per heavy atom. The van der Waals surface area contributed by atoms with Crippen molar-refractivity contribution < 1.29 is 9.59 Å². The van der Waals surface area contributed by atoms with Crippen LogP contribution >= 0.6 is 22.9 Å². The van der Waals surface area contributed by atoms with Crippen LogP contribution < -0.4 is 11.1 Å². The molecule has 0 saturated carbocycles. The Bertz CT molecular complexity index is 1490. The fourth-order valence-corrected chi connectivity index (χ4v) is 6.49. The molecule has 5 nitrogen and oxygen atoms in total. The molecule has 1 unspecified atom stereocenters. The van der Waals surface area contributed by atoms with Crippen molar-refractivity contribution in [3.05, 3.63) is 81.2 Å². The van der Waals surface area contributed by atoms with Crippen molar-refractivity contribution in [3.63, 3.8) is 0 Å². The van der Waals surface area contributed by atoms with Gasteiger partial charge in [0.1, 0.15) is 5.00 Å². The van der Waals surface area contributed by atoms with E-state index in [1.165, 1.54) is 11.3 Å². The number of carbonyl (C=O) groups is 2. The molecule has 184 valence electrons. The standard InChI is InChI=1S/C29H28ClN3O2S/c1-29(2,3)17-9-11-19-24(13-17)36-28(25(19)26(31)34)33-27(35)21-15-23(16-7-5-4-6-8-16)32-22-12-10-18(30)14-20(21)22/h4-8,10,12,14-15,17H,9,11,13H2,1-3H3,(H2,31,34)(H,33,35). The van der Waals surface area contributed by atoms with Crippen LogP contribution in [0, 0.1) is 11.3 Å². The Morgan fingerprint density at radius 3 is 2.56 bits per heavy atom. The number of benzene rings is 2. The zero-order chi connectivity index (χ0) is 25.6. The van der Waals surface area contributed by atoms with E-state index in [-0.39, 0.29) is 11.3 Å². The van der Waals surface area contributed by atoms with E-state index in [0.717, 1.165) is 35.3 Å². The molecule has 2 aromatic heterocycles. The highest BCUT2D eigenvalue weighted by molar-refractivity contribution is 7.17. The molecule has 36 heavy (non-hydrogen) atoms. The summed E-state index contributed by atoms with van der Waals surface area (Å²) in [7, 11) is 0. The van der Waals surface area contributed by atoms with Gasteiger partial charge in [0.2, 0.25) is 0 Å². The van der Waals surface area contributed by atoms with Crippen LogP contribution in [0.4, 0.5) is 5.00 Å². The summed E-state index contributed by atoms with van der Waals surface area (Å²) in [5, 5.41) is 4.70. The van der Waals surface area contributed by atoms with Crippen molar-refractivity contribution in [1.29, 1.82) is 0 Å². The summed E-state index contributed by atoms with van der Waals surface area (Å²) in [6.45, 7) is 6.74. The molecule has 0 radical (unpaired) electrons. The minimum atomic E-state index is -0.510. The summed E-state index contributed by atoms with van der Waals surface area (Å²) >= 11 is 7.75. The van der Waals surface area contributed by atoms with Gasteiger partial charge in [-0.05, 0) is 60.4 Å². The molecule has 0 saturated heterocycles. The molecular formula is C29H28ClN3O2S. The van der Waals surface area contributed by atoms with Crippen molar-refractivity contribution in [1.82, 2.24) is 4.98 Å². The molecule has 1 aliphatic carbocycles. The third kappa shape index (κ3) is 4.63. The summed E-state index contributed by atoms with van der Waals surface area (Å²) in [6, 6.07) is 16.8. The number of fused-ring (bicyclic) bond motifs is 2. The van der Waals surface area contributed by atoms with Gasteiger partial charge >= 0.3 is 0 Å². The molecule has 7 heteroatoms. The van der Waals surface area contributed by atoms with Gasteiger partial charge in [-0.2, -0.15) is 0 Å². The Kier molecular flexibility index (Phi) is 6.35. The predicted molar refractivity (Wildman–Crippen MR) is 148 cm³/mol. The molecule has 0 fully saturated rings. The molecule has 2 heterocycles. The van der Waals surface area contributed by atoms with Crippen molar-refractivity contribution in [3.8, 4) is 11.3 Å². The summed E-state index contributed by atoms with van der Waals surface area (Å²) in [6.07, 6.45) is 2.66. The highest BCUT2D eigenvalue weighted by atomic mass is 35.5. The first-order valence-corrected chi connectivity index (χ1v) is 13.2. The van der Waals surface area contributed by atoms with Gasteiger partial charge in [0.15, 0.2) is 0 Å². The van der Waals surface area contributed by atoms with Crippen molar-refractivity contribution in [2.75, 3.05) is 5.32 Å². The number of aromatic nitrogens is 1. The van der Waals surface area contributed by atoms with Crippen LogP contribution in [0.25, 0.3) is 22.2 Å². The summed E-state index contributed by atoms with van der Waals surface area (Å²) in [5.41, 5.74) is 10.1. The number of nitrogens with zero attached hydrogens (tertiary/aromatic N) is 1. The Morgan fingerprint density at radius 2 is 1.86 bits per heavy atom. The lowest BCUT2D eigenvalue weighted by Gasteiger charge is -2.33. The van der Waals surface area contributed by atoms with E-state index in [4.69, 9.17) is 22.3 Å². The number of thiophene rings is 1. The average Bonchev–Trinajstić information content (AvgIpc) is 3.20. The number of rotatable bonds is 4. The zero-order valence-electron chi connectivity index (χ0n) is 20.5. The van der Waals surface area contributed by atoms with Crippen LogP contribution in [0.15, 0.2) is 54.6 Å². The van der Waals surface area contributed by atoms with E-state index in [1.54, 1.807) is 18.2 Å². The van der Waals surface area contributed by atoms with Gasteiger partial charge in [0.25, 0.3) is 11.8 Å². The Hall–Kier alpha value is -3.22. The van der Waals surface area contributed by atoms with E-state index >= 15 is 0 Å². The molecule has 2 aromatic carbocycles. The van der Waals surface area contributed by atoms with Gasteiger partial charge in [-0.15, -0.1) is 11.3 Å². The zero-order valence-corrected chi connectivity index (χ0v) is 22.1. The molecule has 1 atom stereocenters. The molecule has 1 aliphatic rings. The van der Waals surface area contributed by atoms with Gasteiger partial charge in [-0.3, -0.25) is 9.59 Å². The number of hydrogen-bond donors (Lipinski definition) is 2. The molecule has 0 aliphatic heterocycles. The normalized spacial score (nSPS) is 15.5. The molecule has 3 N–H and O–H groups in total. The van der Waals surface area contributed by atoms with E-state index in [2.05, 4.69) is 26.1 Å². The van der Waals surface area contributed by atoms with Gasteiger partial charge in [0, 0.05) is 20.8 Å². The number of nitrogens with two attached hydrogens (primary N) is 1. The molecule has 0 spiro atoms. The van der Waals surface area contributed by atoms with Crippen molar-refractivity contribution >= 4 is 50.7 Å². The quantitative estimate of drug-likeness (QED) is 0.302. The summed E-state index contributed by atoms with van der Waals surface area (Å²) in [5.74, 6) is -0.326. The minimum Gasteiger partial charge on any atom is -0.365 e. The highest BCUT2D eigenvalue weighted by Crippen LogP contribution is 2.44. The van der Waals surface area contributed by atoms with Crippen molar-refractivity contribution in [2.24, 2.45) is 17.1 Å². The van der Waals surface area contributed by atoms with Gasteiger partial charge in [0.05, 0.1) is 22.3 Å². The maximum atomic E-state index is 13.7. The summed E-state index contributed by atoms with van der Waals surface area (Å²) in [4.78, 5) is 32.1. The van der Waals surface area contributed by atoms with E-state index in [1.807, 2.05) is 36.4 Å². The molecule has 2 amide bonds. The maximum absolute atomic E-state index is 13.7. The monoisotopic (exact) mass is 517 g/mol. The van der Waals surface area contributed by atoms with Gasteiger partial charge < -0.3 is 11.1 Å². The fourth-order valence-electron chi connectivity index (χ4n) is 4.99. The lowest BCUT2D eigenvalue weighted by atomic mass is 9.72. The number of carbonyl (C=O) groups excluding carboxylic acids is 2. The van der Waals surface area contributed by atoms with Crippen LogP contribution in [0.3, 0.4) is 0 Å². The molecule has 5 rings (SSSR count). The number of anilines is 1. The number of amides is 2. The second-order valence-corrected chi connectivity index (χ2v) is 12.0. The lowest BCUT2D eigenvalue weighted by Crippen LogP contribution is -2.27. The van der Waals surface area contributed by atoms with E-state index in [9.17, 15) is 9.59 Å². The first kappa shape index (κ1) is 24.5. The number of hydrogen-bond acceptors (Lipinski definition) is 4. The van der Waals surface area contributed by atoms with Crippen LogP contribution in [0.2, 0.25) is 5.02 Å². The third-order valence-electron chi connectivity index (χ3n) is 7.05. The molecule has 4 aromatic rings. The first-order valence-electron chi connectivity index (χ1n) is 12.0. The fraction of sp³-hybridized carbons (Fsp3) is 0.276. The van der Waals surface area contributed by atoms with Gasteiger partial charge in [-0.1, -0.05) is 62.7 Å². The topological polar surface area (TPSA) is 85.1 Å². The second kappa shape index (κ2) is 9.34. The Balaban J connectivity index is 1.57. The highest BCUT2D eigenvalue weighted by Gasteiger charge is 2.33. The summed E-state index contributed by atoms with van der Waals surface area (Å²) < 4.78 is 0.